The molecule has 0 saturated heterocycles. The summed E-state index contributed by atoms with van der Waals surface area (Å²) in [5.74, 6) is 0.513. The fourth-order valence-corrected chi connectivity index (χ4v) is 3.91. The van der Waals surface area contributed by atoms with Gasteiger partial charge in [0.2, 0.25) is 0 Å². The third-order valence-corrected chi connectivity index (χ3v) is 4.67. The minimum atomic E-state index is 0.513. The molecule has 1 heterocycles. The smallest absolute Gasteiger partial charge is 0.0908 e. The molecule has 0 aliphatic rings. The molecule has 0 spiro atoms. The molecule has 0 aliphatic heterocycles. The van der Waals surface area contributed by atoms with Gasteiger partial charge in [-0.3, -0.25) is 0 Å². The molecule has 0 atom stereocenters. The summed E-state index contributed by atoms with van der Waals surface area (Å²) in [6.07, 6.45) is 0. The number of hydrogen-bond acceptors (Lipinski definition) is 2. The number of thiazole rings is 1. The molecule has 1 nitrogen and oxygen atoms in total. The van der Waals surface area contributed by atoms with Crippen molar-refractivity contribution < 1.29 is 0 Å². The minimum absolute atomic E-state index is 0.513. The van der Waals surface area contributed by atoms with Crippen molar-refractivity contribution in [2.75, 3.05) is 0 Å². The van der Waals surface area contributed by atoms with Crippen molar-refractivity contribution in [3.05, 3.63) is 39.3 Å². The first-order valence-electron chi connectivity index (χ1n) is 5.24. The van der Waals surface area contributed by atoms with Crippen LogP contribution in [0.2, 0.25) is 0 Å². The van der Waals surface area contributed by atoms with Crippen LogP contribution in [0.1, 0.15) is 10.6 Å². The standard InChI is InChI=1S/C13H9BrClNS/c1-7-16-13-11(17-7)5-10(14)9-4-2-3-8(6-15)12(9)13/h2-5H,6H2,1H3. The van der Waals surface area contributed by atoms with Gasteiger partial charge < -0.3 is 0 Å². The number of halogens is 2. The highest BCUT2D eigenvalue weighted by molar-refractivity contribution is 9.10. The van der Waals surface area contributed by atoms with Crippen molar-refractivity contribution in [3.63, 3.8) is 0 Å². The number of alkyl halides is 1. The summed E-state index contributed by atoms with van der Waals surface area (Å²) in [5, 5.41) is 3.45. The lowest BCUT2D eigenvalue weighted by Crippen LogP contribution is -1.85. The number of fused-ring (bicyclic) bond motifs is 3. The molecule has 3 rings (SSSR count). The maximum Gasteiger partial charge on any atom is 0.0908 e. The maximum atomic E-state index is 6.03. The molecular weight excluding hydrogens is 318 g/mol. The molecule has 17 heavy (non-hydrogen) atoms. The van der Waals surface area contributed by atoms with E-state index in [0.717, 1.165) is 20.6 Å². The molecule has 0 unspecified atom stereocenters. The Kier molecular flexibility index (Phi) is 2.85. The van der Waals surface area contributed by atoms with Gasteiger partial charge in [-0.2, -0.15) is 0 Å². The van der Waals surface area contributed by atoms with E-state index in [4.69, 9.17) is 11.6 Å². The quantitative estimate of drug-likeness (QED) is 0.556. The average Bonchev–Trinajstić information content (AvgIpc) is 2.69. The summed E-state index contributed by atoms with van der Waals surface area (Å²) in [7, 11) is 0. The van der Waals surface area contributed by atoms with Gasteiger partial charge in [-0.05, 0) is 23.9 Å². The molecule has 4 heteroatoms. The third kappa shape index (κ3) is 1.77. The summed E-state index contributed by atoms with van der Waals surface area (Å²) in [5.41, 5.74) is 2.21. The lowest BCUT2D eigenvalue weighted by molar-refractivity contribution is 1.35. The largest absolute Gasteiger partial charge is 0.241 e. The average molecular weight is 327 g/mol. The number of aryl methyl sites for hydroxylation is 1. The van der Waals surface area contributed by atoms with Crippen molar-refractivity contribution in [1.29, 1.82) is 0 Å². The van der Waals surface area contributed by atoms with E-state index in [0.29, 0.717) is 5.88 Å². The van der Waals surface area contributed by atoms with Crippen LogP contribution in [0.25, 0.3) is 21.0 Å². The van der Waals surface area contributed by atoms with Crippen LogP contribution < -0.4 is 0 Å². The fraction of sp³-hybridized carbons (Fsp3) is 0.154. The van der Waals surface area contributed by atoms with Crippen LogP contribution in [-0.4, -0.2) is 4.98 Å². The first-order valence-corrected chi connectivity index (χ1v) is 7.38. The van der Waals surface area contributed by atoms with Crippen LogP contribution in [0.4, 0.5) is 0 Å². The monoisotopic (exact) mass is 325 g/mol. The molecule has 0 saturated carbocycles. The number of nitrogens with zero attached hydrogens (tertiary/aromatic N) is 1. The molecular formula is C13H9BrClNS. The first kappa shape index (κ1) is 11.5. The van der Waals surface area contributed by atoms with Crippen molar-refractivity contribution in [3.8, 4) is 0 Å². The summed E-state index contributed by atoms with van der Waals surface area (Å²) < 4.78 is 2.31. The van der Waals surface area contributed by atoms with Crippen molar-refractivity contribution in [2.24, 2.45) is 0 Å². The van der Waals surface area contributed by atoms with Crippen LogP contribution in [0.3, 0.4) is 0 Å². The highest BCUT2D eigenvalue weighted by Crippen LogP contribution is 2.36. The van der Waals surface area contributed by atoms with Crippen LogP contribution in [0.15, 0.2) is 28.7 Å². The molecule has 3 aromatic rings. The zero-order valence-electron chi connectivity index (χ0n) is 9.13. The molecule has 0 fully saturated rings. The molecule has 1 aromatic heterocycles. The molecule has 0 N–H and O–H groups in total. The number of aromatic nitrogens is 1. The zero-order chi connectivity index (χ0) is 12.0. The summed E-state index contributed by atoms with van der Waals surface area (Å²) in [6, 6.07) is 8.34. The second-order valence-electron chi connectivity index (χ2n) is 3.91. The Morgan fingerprint density at radius 1 is 1.41 bits per heavy atom. The predicted molar refractivity (Wildman–Crippen MR) is 79.1 cm³/mol. The molecule has 0 bridgehead atoms. The fourth-order valence-electron chi connectivity index (χ4n) is 2.10. The lowest BCUT2D eigenvalue weighted by Gasteiger charge is -2.06. The number of hydrogen-bond donors (Lipinski definition) is 0. The van der Waals surface area contributed by atoms with Gasteiger partial charge in [0, 0.05) is 15.7 Å². The molecule has 0 aliphatic carbocycles. The van der Waals surface area contributed by atoms with Gasteiger partial charge in [0.1, 0.15) is 0 Å². The molecule has 2 aromatic carbocycles. The Hall–Kier alpha value is -0.640. The highest BCUT2D eigenvalue weighted by Gasteiger charge is 2.11. The van der Waals surface area contributed by atoms with E-state index in [9.17, 15) is 0 Å². The Balaban J connectivity index is 2.60. The summed E-state index contributed by atoms with van der Waals surface area (Å²) in [6.45, 7) is 2.04. The molecule has 86 valence electrons. The van der Waals surface area contributed by atoms with E-state index >= 15 is 0 Å². The van der Waals surface area contributed by atoms with Gasteiger partial charge in [0.25, 0.3) is 0 Å². The van der Waals surface area contributed by atoms with Crippen molar-refractivity contribution >= 4 is 59.9 Å². The highest BCUT2D eigenvalue weighted by atomic mass is 79.9. The summed E-state index contributed by atoms with van der Waals surface area (Å²) in [4.78, 5) is 4.63. The second kappa shape index (κ2) is 4.23. The van der Waals surface area contributed by atoms with E-state index in [2.05, 4.69) is 39.1 Å². The topological polar surface area (TPSA) is 12.9 Å². The van der Waals surface area contributed by atoms with Crippen LogP contribution in [0, 0.1) is 6.92 Å². The van der Waals surface area contributed by atoms with Gasteiger partial charge in [-0.25, -0.2) is 4.98 Å². The van der Waals surface area contributed by atoms with Crippen LogP contribution in [0.5, 0.6) is 0 Å². The van der Waals surface area contributed by atoms with E-state index in [1.54, 1.807) is 11.3 Å². The zero-order valence-corrected chi connectivity index (χ0v) is 12.3. The van der Waals surface area contributed by atoms with Crippen LogP contribution >= 0.6 is 38.9 Å². The first-order chi connectivity index (χ1) is 8.20. The maximum absolute atomic E-state index is 6.03. The Labute approximate surface area is 117 Å². The van der Waals surface area contributed by atoms with Gasteiger partial charge in [0.15, 0.2) is 0 Å². The summed E-state index contributed by atoms with van der Waals surface area (Å²) >= 11 is 11.4. The lowest BCUT2D eigenvalue weighted by atomic mass is 10.0. The Bertz CT molecular complexity index is 720. The predicted octanol–water partition coefficient (Wildman–Crippen LogP) is 5.26. The van der Waals surface area contributed by atoms with E-state index in [1.165, 1.54) is 15.5 Å². The van der Waals surface area contributed by atoms with Gasteiger partial charge in [-0.15, -0.1) is 22.9 Å². The Morgan fingerprint density at radius 2 is 2.24 bits per heavy atom. The van der Waals surface area contributed by atoms with Gasteiger partial charge in [-0.1, -0.05) is 34.1 Å². The van der Waals surface area contributed by atoms with Gasteiger partial charge in [0.05, 0.1) is 15.2 Å². The van der Waals surface area contributed by atoms with E-state index in [1.807, 2.05) is 13.0 Å². The third-order valence-electron chi connectivity index (χ3n) is 2.81. The van der Waals surface area contributed by atoms with Crippen molar-refractivity contribution in [1.82, 2.24) is 4.98 Å². The number of benzene rings is 2. The van der Waals surface area contributed by atoms with Gasteiger partial charge >= 0.3 is 0 Å². The minimum Gasteiger partial charge on any atom is -0.241 e. The molecule has 0 amide bonds. The van der Waals surface area contributed by atoms with Crippen molar-refractivity contribution in [2.45, 2.75) is 12.8 Å². The SMILES string of the molecule is Cc1nc2c(cc(Br)c3cccc(CCl)c32)s1. The number of rotatable bonds is 1. The second-order valence-corrected chi connectivity index (χ2v) is 6.27. The molecule has 0 radical (unpaired) electrons. The Morgan fingerprint density at radius 3 is 3.00 bits per heavy atom. The normalized spacial score (nSPS) is 11.5. The van der Waals surface area contributed by atoms with E-state index < -0.39 is 0 Å². The van der Waals surface area contributed by atoms with Crippen LogP contribution in [-0.2, 0) is 5.88 Å². The van der Waals surface area contributed by atoms with E-state index in [-0.39, 0.29) is 0 Å².